The molecule has 1 aromatic carbocycles. The van der Waals surface area contributed by atoms with Crippen LogP contribution in [-0.2, 0) is 11.3 Å². The van der Waals surface area contributed by atoms with Gasteiger partial charge in [0.1, 0.15) is 5.76 Å². The van der Waals surface area contributed by atoms with Gasteiger partial charge in [-0.25, -0.2) is 0 Å². The van der Waals surface area contributed by atoms with Crippen LogP contribution in [0.5, 0.6) is 0 Å². The topological polar surface area (TPSA) is 53.1 Å². The first-order chi connectivity index (χ1) is 11.8. The molecule has 0 amide bonds. The monoisotopic (exact) mass is 341 g/mol. The molecule has 3 heterocycles. The molecule has 1 saturated heterocycles. The number of benzene rings is 1. The smallest absolute Gasteiger partial charge is 0.192 e. The van der Waals surface area contributed by atoms with Crippen molar-refractivity contribution in [2.75, 3.05) is 13.2 Å². The van der Waals surface area contributed by atoms with Crippen LogP contribution in [0.1, 0.15) is 17.7 Å². The Morgan fingerprint density at radius 2 is 2.08 bits per heavy atom. The van der Waals surface area contributed by atoms with Crippen LogP contribution in [0, 0.1) is 6.92 Å². The van der Waals surface area contributed by atoms with Crippen molar-refractivity contribution in [2.24, 2.45) is 0 Å². The second kappa shape index (κ2) is 6.83. The number of hydrogen-bond acceptors (Lipinski definition) is 5. The fraction of sp³-hybridized carbons (Fsp3) is 0.333. The summed E-state index contributed by atoms with van der Waals surface area (Å²) in [6, 6.07) is 12.3. The molecule has 0 unspecified atom stereocenters. The molecule has 0 N–H and O–H groups in total. The summed E-state index contributed by atoms with van der Waals surface area (Å²) in [5.74, 6) is 1.76. The van der Waals surface area contributed by atoms with Crippen LogP contribution in [0.2, 0.25) is 0 Å². The second-order valence-electron chi connectivity index (χ2n) is 5.94. The minimum absolute atomic E-state index is 0.440. The second-order valence-corrected chi connectivity index (χ2v) is 7.21. The van der Waals surface area contributed by atoms with Crippen molar-refractivity contribution in [2.45, 2.75) is 30.3 Å². The number of aryl methyl sites for hydroxylation is 1. The molecule has 0 spiro atoms. The molecule has 2 aromatic heterocycles. The number of hydrogen-bond donors (Lipinski definition) is 0. The van der Waals surface area contributed by atoms with Crippen LogP contribution in [0.4, 0.5) is 0 Å². The number of aromatic nitrogens is 3. The van der Waals surface area contributed by atoms with E-state index in [0.717, 1.165) is 41.9 Å². The van der Waals surface area contributed by atoms with Crippen molar-refractivity contribution >= 4 is 11.8 Å². The third kappa shape index (κ3) is 3.25. The van der Waals surface area contributed by atoms with Crippen molar-refractivity contribution in [3.63, 3.8) is 0 Å². The van der Waals surface area contributed by atoms with Crippen LogP contribution in [0.15, 0.2) is 52.2 Å². The van der Waals surface area contributed by atoms with Gasteiger partial charge >= 0.3 is 0 Å². The van der Waals surface area contributed by atoms with E-state index < -0.39 is 0 Å². The summed E-state index contributed by atoms with van der Waals surface area (Å²) in [5.41, 5.74) is 2.29. The Hall–Kier alpha value is -2.05. The maximum atomic E-state index is 5.53. The normalized spacial score (nSPS) is 17.5. The average molecular weight is 341 g/mol. The highest BCUT2D eigenvalue weighted by atomic mass is 32.2. The molecular weight excluding hydrogens is 322 g/mol. The van der Waals surface area contributed by atoms with Crippen LogP contribution >= 0.6 is 11.8 Å². The maximum Gasteiger partial charge on any atom is 0.192 e. The Labute approximate surface area is 145 Å². The van der Waals surface area contributed by atoms with Gasteiger partial charge in [-0.2, -0.15) is 0 Å². The van der Waals surface area contributed by atoms with Gasteiger partial charge in [-0.3, -0.25) is 4.57 Å². The quantitative estimate of drug-likeness (QED) is 0.707. The van der Waals surface area contributed by atoms with Gasteiger partial charge in [-0.1, -0.05) is 41.6 Å². The van der Waals surface area contributed by atoms with Crippen LogP contribution in [-0.4, -0.2) is 33.2 Å². The summed E-state index contributed by atoms with van der Waals surface area (Å²) in [4.78, 5) is 0. The van der Waals surface area contributed by atoms with E-state index in [1.54, 1.807) is 18.0 Å². The van der Waals surface area contributed by atoms with Crippen molar-refractivity contribution in [1.82, 2.24) is 14.8 Å². The molecule has 6 heteroatoms. The predicted molar refractivity (Wildman–Crippen MR) is 93.1 cm³/mol. The van der Waals surface area contributed by atoms with Gasteiger partial charge in [-0.05, 0) is 25.5 Å². The largest absolute Gasteiger partial charge is 0.467 e. The maximum absolute atomic E-state index is 5.53. The van der Waals surface area contributed by atoms with Crippen molar-refractivity contribution < 1.29 is 9.15 Å². The molecule has 4 rings (SSSR count). The molecule has 1 aliphatic heterocycles. The zero-order chi connectivity index (χ0) is 16.4. The standard InChI is InChI=1S/C18H19N3O2S/c1-13-4-6-14(7-5-13)17-19-20-18(24-16-8-10-22-12-16)21(17)11-15-3-2-9-23-15/h2-7,9,16H,8,10-12H2,1H3/t16-/m1/s1. The van der Waals surface area contributed by atoms with E-state index in [-0.39, 0.29) is 0 Å². The minimum Gasteiger partial charge on any atom is -0.467 e. The lowest BCUT2D eigenvalue weighted by Crippen LogP contribution is -2.07. The van der Waals surface area contributed by atoms with E-state index >= 15 is 0 Å². The summed E-state index contributed by atoms with van der Waals surface area (Å²) in [6.45, 7) is 4.31. The molecule has 0 aliphatic carbocycles. The van der Waals surface area contributed by atoms with E-state index in [1.165, 1.54) is 5.56 Å². The Morgan fingerprint density at radius 3 is 2.79 bits per heavy atom. The summed E-state index contributed by atoms with van der Waals surface area (Å²) in [6.07, 6.45) is 2.75. The Bertz CT molecular complexity index is 790. The van der Waals surface area contributed by atoms with Crippen LogP contribution in [0.25, 0.3) is 11.4 Å². The summed E-state index contributed by atoms with van der Waals surface area (Å²) in [7, 11) is 0. The molecule has 0 bridgehead atoms. The van der Waals surface area contributed by atoms with E-state index in [9.17, 15) is 0 Å². The molecule has 24 heavy (non-hydrogen) atoms. The van der Waals surface area contributed by atoms with Gasteiger partial charge in [0.2, 0.25) is 0 Å². The fourth-order valence-electron chi connectivity index (χ4n) is 2.75. The molecule has 1 atom stereocenters. The molecule has 3 aromatic rings. The lowest BCUT2D eigenvalue weighted by atomic mass is 10.1. The minimum atomic E-state index is 0.440. The fourth-order valence-corrected chi connectivity index (χ4v) is 3.79. The molecule has 124 valence electrons. The van der Waals surface area contributed by atoms with E-state index in [1.807, 2.05) is 12.1 Å². The summed E-state index contributed by atoms with van der Waals surface area (Å²) in [5, 5.41) is 10.2. The molecule has 5 nitrogen and oxygen atoms in total. The van der Waals surface area contributed by atoms with Gasteiger partial charge in [0, 0.05) is 17.4 Å². The van der Waals surface area contributed by atoms with Crippen molar-refractivity contribution in [1.29, 1.82) is 0 Å². The summed E-state index contributed by atoms with van der Waals surface area (Å²) >= 11 is 1.74. The van der Waals surface area contributed by atoms with Crippen molar-refractivity contribution in [3.8, 4) is 11.4 Å². The van der Waals surface area contributed by atoms with Gasteiger partial charge in [-0.15, -0.1) is 10.2 Å². The highest BCUT2D eigenvalue weighted by Crippen LogP contribution is 2.31. The van der Waals surface area contributed by atoms with Gasteiger partial charge in [0.05, 0.1) is 19.4 Å². The zero-order valence-electron chi connectivity index (χ0n) is 13.5. The first kappa shape index (κ1) is 15.5. The van der Waals surface area contributed by atoms with Crippen LogP contribution in [0.3, 0.4) is 0 Å². The van der Waals surface area contributed by atoms with Crippen LogP contribution < -0.4 is 0 Å². The van der Waals surface area contributed by atoms with E-state index in [4.69, 9.17) is 9.15 Å². The third-order valence-electron chi connectivity index (χ3n) is 4.08. The van der Waals surface area contributed by atoms with Gasteiger partial charge < -0.3 is 9.15 Å². The lowest BCUT2D eigenvalue weighted by molar-refractivity contribution is 0.199. The highest BCUT2D eigenvalue weighted by molar-refractivity contribution is 7.99. The highest BCUT2D eigenvalue weighted by Gasteiger charge is 2.22. The van der Waals surface area contributed by atoms with Crippen molar-refractivity contribution in [3.05, 3.63) is 54.0 Å². The number of furan rings is 1. The molecular formula is C18H19N3O2S. The Morgan fingerprint density at radius 1 is 1.21 bits per heavy atom. The predicted octanol–water partition coefficient (Wildman–Crippen LogP) is 3.78. The first-order valence-electron chi connectivity index (χ1n) is 8.06. The number of ether oxygens (including phenoxy) is 1. The van der Waals surface area contributed by atoms with E-state index in [2.05, 4.69) is 46.0 Å². The SMILES string of the molecule is Cc1ccc(-c2nnc(S[C@@H]3CCOC3)n2Cc2ccco2)cc1. The van der Waals surface area contributed by atoms with E-state index in [0.29, 0.717) is 11.8 Å². The first-order valence-corrected chi connectivity index (χ1v) is 8.94. The molecule has 1 aliphatic rings. The summed E-state index contributed by atoms with van der Waals surface area (Å²) < 4.78 is 13.1. The Kier molecular flexibility index (Phi) is 4.40. The molecule has 1 fully saturated rings. The number of thioether (sulfide) groups is 1. The Balaban J connectivity index is 1.69. The third-order valence-corrected chi connectivity index (χ3v) is 5.30. The van der Waals surface area contributed by atoms with Gasteiger partial charge in [0.25, 0.3) is 0 Å². The average Bonchev–Trinajstić information content (AvgIpc) is 3.33. The lowest BCUT2D eigenvalue weighted by Gasteiger charge is -2.11. The number of rotatable bonds is 5. The molecule has 0 saturated carbocycles. The number of nitrogens with zero attached hydrogens (tertiary/aromatic N) is 3. The molecule has 0 radical (unpaired) electrons. The zero-order valence-corrected chi connectivity index (χ0v) is 14.3. The van der Waals surface area contributed by atoms with Gasteiger partial charge in [0.15, 0.2) is 11.0 Å².